The van der Waals surface area contributed by atoms with E-state index in [1.165, 1.54) is 18.2 Å². The Hall–Kier alpha value is -2.55. The van der Waals surface area contributed by atoms with Gasteiger partial charge in [-0.3, -0.25) is 9.10 Å². The molecule has 2 aromatic carbocycles. The topological polar surface area (TPSA) is 63.7 Å². The number of hydrogen-bond donors (Lipinski definition) is 0. The molecule has 0 saturated heterocycles. The van der Waals surface area contributed by atoms with Gasteiger partial charge in [0, 0.05) is 0 Å². The Labute approximate surface area is 148 Å². The van der Waals surface area contributed by atoms with Crippen LogP contribution in [0.3, 0.4) is 0 Å². The zero-order valence-electron chi connectivity index (χ0n) is 13.5. The molecule has 1 atom stereocenters. The van der Waals surface area contributed by atoms with Crippen LogP contribution in [0, 0.1) is 0 Å². The molecule has 0 radical (unpaired) electrons. The van der Waals surface area contributed by atoms with Crippen molar-refractivity contribution in [2.45, 2.75) is 23.5 Å². The third-order valence-electron chi connectivity index (χ3n) is 4.11. The van der Waals surface area contributed by atoms with E-state index in [1.807, 2.05) is 0 Å². The summed E-state index contributed by atoms with van der Waals surface area (Å²) in [4.78, 5) is 11.0. The molecule has 0 saturated carbocycles. The van der Waals surface area contributed by atoms with Crippen molar-refractivity contribution in [3.63, 3.8) is 0 Å². The SMILES string of the molecule is COC(=O)CC1c2cccc(C(F)(F)F)c2S(=O)(=O)N1c1ccccc1. The number of sulfonamides is 1. The second-order valence-corrected chi connectivity index (χ2v) is 7.41. The van der Waals surface area contributed by atoms with Gasteiger partial charge in [-0.15, -0.1) is 0 Å². The molecule has 0 bridgehead atoms. The van der Waals surface area contributed by atoms with Crippen molar-refractivity contribution in [1.29, 1.82) is 0 Å². The minimum atomic E-state index is -4.85. The summed E-state index contributed by atoms with van der Waals surface area (Å²) in [6.07, 6.45) is -5.25. The van der Waals surface area contributed by atoms with Crippen molar-refractivity contribution >= 4 is 21.7 Å². The third-order valence-corrected chi connectivity index (χ3v) is 6.06. The summed E-state index contributed by atoms with van der Waals surface area (Å²) in [5.41, 5.74) is -1.15. The number of para-hydroxylation sites is 1. The summed E-state index contributed by atoms with van der Waals surface area (Å²) >= 11 is 0. The van der Waals surface area contributed by atoms with Gasteiger partial charge in [-0.2, -0.15) is 13.2 Å². The highest BCUT2D eigenvalue weighted by molar-refractivity contribution is 7.93. The van der Waals surface area contributed by atoms with Gasteiger partial charge in [0.25, 0.3) is 10.0 Å². The standard InChI is InChI=1S/C17H14F3NO4S/c1-25-15(22)10-14-12-8-5-9-13(17(18,19)20)16(12)26(23,24)21(14)11-6-3-2-4-7-11/h2-9,14H,10H2,1H3. The number of nitrogens with zero attached hydrogens (tertiary/aromatic N) is 1. The molecule has 138 valence electrons. The Kier molecular flexibility index (Phi) is 4.43. The van der Waals surface area contributed by atoms with E-state index < -0.39 is 45.1 Å². The number of esters is 1. The third kappa shape index (κ3) is 2.92. The molecule has 0 fully saturated rings. The van der Waals surface area contributed by atoms with Crippen LogP contribution in [0.15, 0.2) is 53.4 Å². The maximum absolute atomic E-state index is 13.4. The van der Waals surface area contributed by atoms with Gasteiger partial charge in [0.05, 0.1) is 30.8 Å². The predicted molar refractivity (Wildman–Crippen MR) is 86.9 cm³/mol. The van der Waals surface area contributed by atoms with Gasteiger partial charge in [-0.05, 0) is 23.8 Å². The Morgan fingerprint density at radius 2 is 1.77 bits per heavy atom. The number of hydrogen-bond acceptors (Lipinski definition) is 4. The monoisotopic (exact) mass is 385 g/mol. The van der Waals surface area contributed by atoms with Crippen LogP contribution in [0.25, 0.3) is 0 Å². The number of anilines is 1. The highest BCUT2D eigenvalue weighted by atomic mass is 32.2. The molecule has 0 spiro atoms. The fourth-order valence-corrected chi connectivity index (χ4v) is 5.13. The lowest BCUT2D eigenvalue weighted by atomic mass is 10.0. The van der Waals surface area contributed by atoms with E-state index in [4.69, 9.17) is 0 Å². The van der Waals surface area contributed by atoms with Crippen molar-refractivity contribution < 1.29 is 31.1 Å². The molecule has 0 aromatic heterocycles. The van der Waals surface area contributed by atoms with Gasteiger partial charge in [0.1, 0.15) is 4.90 Å². The zero-order chi connectivity index (χ0) is 19.1. The predicted octanol–water partition coefficient (Wildman–Crippen LogP) is 3.52. The first-order valence-corrected chi connectivity index (χ1v) is 8.98. The van der Waals surface area contributed by atoms with Gasteiger partial charge in [-0.1, -0.05) is 30.3 Å². The maximum atomic E-state index is 13.4. The summed E-state index contributed by atoms with van der Waals surface area (Å²) in [5, 5.41) is 0. The second kappa shape index (κ2) is 6.31. The number of carbonyl (C=O) groups is 1. The number of methoxy groups -OCH3 is 1. The van der Waals surface area contributed by atoms with Crippen molar-refractivity contribution in [2.75, 3.05) is 11.4 Å². The summed E-state index contributed by atoms with van der Waals surface area (Å²) < 4.78 is 71.6. The fourth-order valence-electron chi connectivity index (χ4n) is 3.05. The lowest BCUT2D eigenvalue weighted by Crippen LogP contribution is -2.30. The first-order chi connectivity index (χ1) is 12.2. The van der Waals surface area contributed by atoms with Crippen LogP contribution in [-0.2, 0) is 25.7 Å². The van der Waals surface area contributed by atoms with Crippen LogP contribution in [0.5, 0.6) is 0 Å². The Balaban J connectivity index is 2.27. The number of fused-ring (bicyclic) bond motifs is 1. The molecular formula is C17H14F3NO4S. The average molecular weight is 385 g/mol. The fraction of sp³-hybridized carbons (Fsp3) is 0.235. The molecule has 2 aromatic rings. The molecule has 0 amide bonds. The summed E-state index contributed by atoms with van der Waals surface area (Å²) in [7, 11) is -3.38. The molecule has 26 heavy (non-hydrogen) atoms. The van der Waals surface area contributed by atoms with Crippen molar-refractivity contribution in [2.24, 2.45) is 0 Å². The van der Waals surface area contributed by atoms with E-state index in [1.54, 1.807) is 18.2 Å². The van der Waals surface area contributed by atoms with E-state index >= 15 is 0 Å². The quantitative estimate of drug-likeness (QED) is 0.759. The minimum Gasteiger partial charge on any atom is -0.469 e. The minimum absolute atomic E-state index is 0.0749. The zero-order valence-corrected chi connectivity index (χ0v) is 14.3. The first kappa shape index (κ1) is 18.2. The average Bonchev–Trinajstić information content (AvgIpc) is 2.82. The van der Waals surface area contributed by atoms with Crippen LogP contribution in [0.4, 0.5) is 18.9 Å². The van der Waals surface area contributed by atoms with Crippen molar-refractivity contribution in [1.82, 2.24) is 0 Å². The van der Waals surface area contributed by atoms with Gasteiger partial charge < -0.3 is 4.74 Å². The van der Waals surface area contributed by atoms with Crippen molar-refractivity contribution in [3.05, 3.63) is 59.7 Å². The smallest absolute Gasteiger partial charge is 0.417 e. The number of benzene rings is 2. The van der Waals surface area contributed by atoms with E-state index in [-0.39, 0.29) is 11.3 Å². The van der Waals surface area contributed by atoms with Crippen LogP contribution in [0.1, 0.15) is 23.6 Å². The van der Waals surface area contributed by atoms with Gasteiger partial charge in [0.15, 0.2) is 0 Å². The number of alkyl halides is 3. The van der Waals surface area contributed by atoms with Crippen LogP contribution in [0.2, 0.25) is 0 Å². The molecule has 1 unspecified atom stereocenters. The highest BCUT2D eigenvalue weighted by Crippen LogP contribution is 2.48. The second-order valence-electron chi connectivity index (χ2n) is 5.65. The molecule has 5 nitrogen and oxygen atoms in total. The summed E-state index contributed by atoms with van der Waals surface area (Å²) in [6.45, 7) is 0. The molecule has 3 rings (SSSR count). The summed E-state index contributed by atoms with van der Waals surface area (Å²) in [6, 6.07) is 9.72. The molecule has 1 aliphatic rings. The molecular weight excluding hydrogens is 371 g/mol. The van der Waals surface area contributed by atoms with Gasteiger partial charge >= 0.3 is 12.1 Å². The van der Waals surface area contributed by atoms with Gasteiger partial charge in [-0.25, -0.2) is 8.42 Å². The number of carbonyl (C=O) groups excluding carboxylic acids is 1. The molecule has 1 heterocycles. The Morgan fingerprint density at radius 1 is 1.12 bits per heavy atom. The number of rotatable bonds is 3. The van der Waals surface area contributed by atoms with E-state index in [0.29, 0.717) is 0 Å². The number of halogens is 3. The molecule has 1 aliphatic heterocycles. The highest BCUT2D eigenvalue weighted by Gasteiger charge is 2.49. The Morgan fingerprint density at radius 3 is 2.35 bits per heavy atom. The normalized spacial score (nSPS) is 18.5. The van der Waals surface area contributed by atoms with Crippen LogP contribution in [-0.4, -0.2) is 21.5 Å². The van der Waals surface area contributed by atoms with E-state index in [0.717, 1.165) is 23.5 Å². The van der Waals surface area contributed by atoms with Crippen LogP contribution < -0.4 is 4.31 Å². The molecule has 0 aliphatic carbocycles. The number of ether oxygens (including phenoxy) is 1. The van der Waals surface area contributed by atoms with Crippen molar-refractivity contribution in [3.8, 4) is 0 Å². The summed E-state index contributed by atoms with van der Waals surface area (Å²) in [5.74, 6) is -0.726. The van der Waals surface area contributed by atoms with Crippen LogP contribution >= 0.6 is 0 Å². The molecule has 0 N–H and O–H groups in total. The van der Waals surface area contributed by atoms with E-state index in [9.17, 15) is 26.4 Å². The lowest BCUT2D eigenvalue weighted by molar-refractivity contribution is -0.141. The van der Waals surface area contributed by atoms with E-state index in [2.05, 4.69) is 4.74 Å². The molecule has 9 heteroatoms. The largest absolute Gasteiger partial charge is 0.469 e. The van der Waals surface area contributed by atoms with Gasteiger partial charge in [0.2, 0.25) is 0 Å². The lowest BCUT2D eigenvalue weighted by Gasteiger charge is -2.25. The first-order valence-electron chi connectivity index (χ1n) is 7.54. The maximum Gasteiger partial charge on any atom is 0.417 e. The Bertz CT molecular complexity index is 942.